The van der Waals surface area contributed by atoms with Gasteiger partial charge in [0.05, 0.1) is 22.9 Å². The minimum absolute atomic E-state index is 0.132. The Morgan fingerprint density at radius 1 is 1.45 bits per heavy atom. The van der Waals surface area contributed by atoms with E-state index >= 15 is 0 Å². The number of alkyl halides is 3. The molecule has 1 heterocycles. The molecule has 1 N–H and O–H groups in total. The lowest BCUT2D eigenvalue weighted by atomic mass is 10.2. The summed E-state index contributed by atoms with van der Waals surface area (Å²) in [4.78, 5) is 1.90. The summed E-state index contributed by atoms with van der Waals surface area (Å²) < 4.78 is 41.5. The van der Waals surface area contributed by atoms with E-state index in [1.807, 2.05) is 25.9 Å². The minimum Gasteiger partial charge on any atom is -0.308 e. The van der Waals surface area contributed by atoms with Crippen molar-refractivity contribution < 1.29 is 13.2 Å². The number of rotatable bonds is 7. The van der Waals surface area contributed by atoms with E-state index in [-0.39, 0.29) is 5.69 Å². The first-order valence-electron chi connectivity index (χ1n) is 6.43. The minimum atomic E-state index is -4.35. The molecule has 1 atom stereocenters. The third kappa shape index (κ3) is 4.75. The lowest BCUT2D eigenvalue weighted by molar-refractivity contribution is -0.159. The molecular formula is C12H20BrF3N4. The summed E-state index contributed by atoms with van der Waals surface area (Å²) in [6.07, 6.45) is -2.30. The molecule has 1 aromatic rings. The first kappa shape index (κ1) is 17.5. The van der Waals surface area contributed by atoms with Crippen LogP contribution in [0.2, 0.25) is 0 Å². The quantitative estimate of drug-likeness (QED) is 0.815. The zero-order valence-electron chi connectivity index (χ0n) is 11.8. The highest BCUT2D eigenvalue weighted by molar-refractivity contribution is 9.10. The van der Waals surface area contributed by atoms with Gasteiger partial charge < -0.3 is 10.2 Å². The number of hydrogen-bond donors (Lipinski definition) is 1. The van der Waals surface area contributed by atoms with Gasteiger partial charge >= 0.3 is 6.18 Å². The Hall–Kier alpha value is -0.600. The second-order valence-corrected chi connectivity index (χ2v) is 5.69. The summed E-state index contributed by atoms with van der Waals surface area (Å²) in [6.45, 7) is 3.17. The van der Waals surface area contributed by atoms with Crippen LogP contribution in [-0.4, -0.2) is 48.0 Å². The molecule has 0 fully saturated rings. The van der Waals surface area contributed by atoms with E-state index in [0.29, 0.717) is 30.5 Å². The fourth-order valence-electron chi connectivity index (χ4n) is 1.79. The average molecular weight is 357 g/mol. The number of aromatic nitrogens is 2. The fraction of sp³-hybridized carbons (Fsp3) is 0.750. The van der Waals surface area contributed by atoms with Crippen LogP contribution in [0.4, 0.5) is 13.2 Å². The predicted octanol–water partition coefficient (Wildman–Crippen LogP) is 2.81. The summed E-state index contributed by atoms with van der Waals surface area (Å²) in [5, 5.41) is 6.58. The Labute approximate surface area is 125 Å². The van der Waals surface area contributed by atoms with Crippen LogP contribution in [-0.2, 0) is 6.54 Å². The predicted molar refractivity (Wildman–Crippen MR) is 75.6 cm³/mol. The Morgan fingerprint density at radius 2 is 2.10 bits per heavy atom. The summed E-state index contributed by atoms with van der Waals surface area (Å²) in [7, 11) is 3.74. The molecule has 0 saturated heterocycles. The third-order valence-electron chi connectivity index (χ3n) is 2.79. The monoisotopic (exact) mass is 356 g/mol. The van der Waals surface area contributed by atoms with Crippen molar-refractivity contribution in [3.05, 3.63) is 16.4 Å². The van der Waals surface area contributed by atoms with Crippen molar-refractivity contribution in [2.75, 3.05) is 27.2 Å². The standard InChI is InChI=1S/C12H20BrF3N4/c1-4-5-17-11(12(14,15)16)10-9(13)8-18-20(10)7-6-19(2)3/h8,11,17H,4-7H2,1-3H3. The molecule has 0 aliphatic carbocycles. The van der Waals surface area contributed by atoms with Gasteiger partial charge in [-0.1, -0.05) is 6.92 Å². The molecule has 0 bridgehead atoms. The molecule has 0 radical (unpaired) electrons. The largest absolute Gasteiger partial charge is 0.409 e. The molecule has 0 amide bonds. The Morgan fingerprint density at radius 3 is 2.60 bits per heavy atom. The van der Waals surface area contributed by atoms with Gasteiger partial charge in [0.2, 0.25) is 0 Å². The van der Waals surface area contributed by atoms with Crippen molar-refractivity contribution in [1.82, 2.24) is 20.0 Å². The van der Waals surface area contributed by atoms with Crippen LogP contribution < -0.4 is 5.32 Å². The highest BCUT2D eigenvalue weighted by Gasteiger charge is 2.43. The highest BCUT2D eigenvalue weighted by atomic mass is 79.9. The molecule has 1 rings (SSSR count). The number of hydrogen-bond acceptors (Lipinski definition) is 3. The molecule has 8 heteroatoms. The first-order chi connectivity index (χ1) is 9.27. The third-order valence-corrected chi connectivity index (χ3v) is 3.40. The smallest absolute Gasteiger partial charge is 0.308 e. The van der Waals surface area contributed by atoms with E-state index < -0.39 is 12.2 Å². The number of nitrogens with one attached hydrogen (secondary N) is 1. The van der Waals surface area contributed by atoms with Crippen LogP contribution in [0.3, 0.4) is 0 Å². The Kier molecular flexibility index (Phi) is 6.47. The van der Waals surface area contributed by atoms with Crippen LogP contribution in [0.25, 0.3) is 0 Å². The van der Waals surface area contributed by atoms with Gasteiger partial charge in [0.15, 0.2) is 0 Å². The summed E-state index contributed by atoms with van der Waals surface area (Å²) in [6, 6.07) is -1.71. The summed E-state index contributed by atoms with van der Waals surface area (Å²) >= 11 is 3.17. The van der Waals surface area contributed by atoms with Gasteiger partial charge in [0, 0.05) is 6.54 Å². The van der Waals surface area contributed by atoms with Crippen molar-refractivity contribution in [2.24, 2.45) is 0 Å². The average Bonchev–Trinajstić information content (AvgIpc) is 2.67. The lowest BCUT2D eigenvalue weighted by Crippen LogP contribution is -2.37. The lowest BCUT2D eigenvalue weighted by Gasteiger charge is -2.23. The zero-order chi connectivity index (χ0) is 15.3. The second-order valence-electron chi connectivity index (χ2n) is 4.83. The normalized spacial score (nSPS) is 14.0. The topological polar surface area (TPSA) is 33.1 Å². The number of halogens is 4. The van der Waals surface area contributed by atoms with Gasteiger partial charge in [-0.25, -0.2) is 0 Å². The van der Waals surface area contributed by atoms with Gasteiger partial charge in [-0.05, 0) is 43.0 Å². The van der Waals surface area contributed by atoms with Crippen LogP contribution >= 0.6 is 15.9 Å². The number of likely N-dealkylation sites (N-methyl/N-ethyl adjacent to an activating group) is 1. The molecule has 0 aromatic carbocycles. The van der Waals surface area contributed by atoms with Gasteiger partial charge in [-0.15, -0.1) is 0 Å². The van der Waals surface area contributed by atoms with E-state index in [0.717, 1.165) is 0 Å². The number of nitrogens with zero attached hydrogens (tertiary/aromatic N) is 3. The van der Waals surface area contributed by atoms with Gasteiger partial charge in [0.25, 0.3) is 0 Å². The molecule has 1 unspecified atom stereocenters. The van der Waals surface area contributed by atoms with E-state index in [1.165, 1.54) is 10.9 Å². The van der Waals surface area contributed by atoms with Crippen LogP contribution in [0, 0.1) is 0 Å². The molecule has 116 valence electrons. The van der Waals surface area contributed by atoms with E-state index in [4.69, 9.17) is 0 Å². The maximum Gasteiger partial charge on any atom is 0.409 e. The second kappa shape index (κ2) is 7.42. The molecule has 4 nitrogen and oxygen atoms in total. The Balaban J connectivity index is 3.02. The van der Waals surface area contributed by atoms with Gasteiger partial charge in [-0.3, -0.25) is 4.68 Å². The van der Waals surface area contributed by atoms with Crippen LogP contribution in [0.15, 0.2) is 10.7 Å². The van der Waals surface area contributed by atoms with Crippen molar-refractivity contribution in [2.45, 2.75) is 32.1 Å². The molecule has 0 aliphatic heterocycles. The van der Waals surface area contributed by atoms with Gasteiger partial charge in [-0.2, -0.15) is 18.3 Å². The van der Waals surface area contributed by atoms with Crippen molar-refractivity contribution in [3.8, 4) is 0 Å². The van der Waals surface area contributed by atoms with E-state index in [2.05, 4.69) is 26.3 Å². The van der Waals surface area contributed by atoms with Gasteiger partial charge in [0.1, 0.15) is 6.04 Å². The van der Waals surface area contributed by atoms with Crippen molar-refractivity contribution in [1.29, 1.82) is 0 Å². The molecule has 0 saturated carbocycles. The van der Waals surface area contributed by atoms with E-state index in [1.54, 1.807) is 0 Å². The van der Waals surface area contributed by atoms with E-state index in [9.17, 15) is 13.2 Å². The summed E-state index contributed by atoms with van der Waals surface area (Å²) in [5.74, 6) is 0. The van der Waals surface area contributed by atoms with Crippen molar-refractivity contribution >= 4 is 15.9 Å². The Bertz CT molecular complexity index is 417. The molecule has 1 aromatic heterocycles. The highest BCUT2D eigenvalue weighted by Crippen LogP contribution is 2.36. The maximum atomic E-state index is 13.2. The molecule has 0 spiro atoms. The SMILES string of the molecule is CCCNC(c1c(Br)cnn1CCN(C)C)C(F)(F)F. The zero-order valence-corrected chi connectivity index (χ0v) is 13.4. The molecule has 0 aliphatic rings. The van der Waals surface area contributed by atoms with Crippen LogP contribution in [0.1, 0.15) is 25.1 Å². The maximum absolute atomic E-state index is 13.2. The first-order valence-corrected chi connectivity index (χ1v) is 7.22. The molecular weight excluding hydrogens is 337 g/mol. The molecule has 20 heavy (non-hydrogen) atoms. The van der Waals surface area contributed by atoms with Crippen LogP contribution in [0.5, 0.6) is 0 Å². The summed E-state index contributed by atoms with van der Waals surface area (Å²) in [5.41, 5.74) is 0.132. The van der Waals surface area contributed by atoms with Crippen molar-refractivity contribution in [3.63, 3.8) is 0 Å². The fourth-order valence-corrected chi connectivity index (χ4v) is 2.31.